The molecule has 1 aliphatic rings. The van der Waals surface area contributed by atoms with E-state index in [-0.39, 0.29) is 17.8 Å². The van der Waals surface area contributed by atoms with Crippen LogP contribution in [0.3, 0.4) is 0 Å². The van der Waals surface area contributed by atoms with Crippen LogP contribution in [0.5, 0.6) is 0 Å². The van der Waals surface area contributed by atoms with Crippen molar-refractivity contribution in [3.05, 3.63) is 70.0 Å². The zero-order chi connectivity index (χ0) is 24.3. The minimum atomic E-state index is -0.373. The molecule has 0 aromatic heterocycles. The first kappa shape index (κ1) is 26.0. The summed E-state index contributed by atoms with van der Waals surface area (Å²) in [5, 5.41) is 6.57. The van der Waals surface area contributed by atoms with Gasteiger partial charge < -0.3 is 15.5 Å². The zero-order valence-electron chi connectivity index (χ0n) is 18.9. The van der Waals surface area contributed by atoms with Crippen LogP contribution in [0.25, 0.3) is 6.08 Å². The van der Waals surface area contributed by atoms with E-state index >= 15 is 0 Å². The third-order valence-corrected chi connectivity index (χ3v) is 6.30. The molecule has 2 N–H and O–H groups in total. The van der Waals surface area contributed by atoms with Crippen LogP contribution in [0.4, 0.5) is 14.9 Å². The van der Waals surface area contributed by atoms with Gasteiger partial charge in [0.2, 0.25) is 5.91 Å². The van der Waals surface area contributed by atoms with Crippen LogP contribution in [0.1, 0.15) is 24.8 Å². The maximum atomic E-state index is 13.3. The van der Waals surface area contributed by atoms with E-state index in [1.807, 2.05) is 0 Å². The van der Waals surface area contributed by atoms with E-state index < -0.39 is 0 Å². The highest BCUT2D eigenvalue weighted by Crippen LogP contribution is 2.23. The van der Waals surface area contributed by atoms with Crippen LogP contribution >= 0.6 is 23.2 Å². The van der Waals surface area contributed by atoms with Crippen molar-refractivity contribution in [3.63, 3.8) is 0 Å². The second-order valence-corrected chi connectivity index (χ2v) is 8.94. The monoisotopic (exact) mass is 506 g/mol. The van der Waals surface area contributed by atoms with Crippen molar-refractivity contribution in [2.24, 2.45) is 0 Å². The molecule has 2 aromatic carbocycles. The van der Waals surface area contributed by atoms with Gasteiger partial charge in [-0.1, -0.05) is 41.8 Å². The lowest BCUT2D eigenvalue weighted by Crippen LogP contribution is -2.50. The van der Waals surface area contributed by atoms with Gasteiger partial charge in [-0.3, -0.25) is 9.69 Å². The van der Waals surface area contributed by atoms with Crippen LogP contribution in [-0.2, 0) is 4.79 Å². The van der Waals surface area contributed by atoms with Gasteiger partial charge in [0, 0.05) is 44.5 Å². The van der Waals surface area contributed by atoms with Gasteiger partial charge in [-0.15, -0.1) is 0 Å². The predicted molar refractivity (Wildman–Crippen MR) is 136 cm³/mol. The van der Waals surface area contributed by atoms with E-state index in [1.54, 1.807) is 41.3 Å². The molecule has 0 radical (unpaired) electrons. The summed E-state index contributed by atoms with van der Waals surface area (Å²) in [6.45, 7) is 4.49. The molecule has 3 rings (SSSR count). The first-order valence-corrected chi connectivity index (χ1v) is 12.1. The number of amides is 3. The maximum Gasteiger partial charge on any atom is 0.321 e. The lowest BCUT2D eigenvalue weighted by molar-refractivity contribution is -0.116. The summed E-state index contributed by atoms with van der Waals surface area (Å²) in [7, 11) is 0. The molecule has 0 spiro atoms. The summed E-state index contributed by atoms with van der Waals surface area (Å²) in [6, 6.07) is 10.9. The number of nitrogens with zero attached hydrogens (tertiary/aromatic N) is 2. The molecule has 0 aliphatic carbocycles. The SMILES string of the molecule is O=C(/C=C/c1ccc(Cl)c(Cl)c1)NCCCCCN1CCN(C(=O)Nc2cccc(F)c2)CC1. The van der Waals surface area contributed by atoms with E-state index in [4.69, 9.17) is 23.2 Å². The van der Waals surface area contributed by atoms with Crippen molar-refractivity contribution in [1.82, 2.24) is 15.1 Å². The third kappa shape index (κ3) is 8.63. The Morgan fingerprint density at radius 3 is 2.50 bits per heavy atom. The van der Waals surface area contributed by atoms with E-state index in [0.29, 0.717) is 35.4 Å². The van der Waals surface area contributed by atoms with Crippen molar-refractivity contribution >= 4 is 46.9 Å². The second-order valence-electron chi connectivity index (χ2n) is 8.13. The van der Waals surface area contributed by atoms with Crippen LogP contribution in [-0.4, -0.2) is 61.0 Å². The highest BCUT2D eigenvalue weighted by Gasteiger charge is 2.20. The molecule has 0 unspecified atom stereocenters. The highest BCUT2D eigenvalue weighted by molar-refractivity contribution is 6.42. The van der Waals surface area contributed by atoms with E-state index in [0.717, 1.165) is 44.5 Å². The molecule has 0 bridgehead atoms. The minimum Gasteiger partial charge on any atom is -0.353 e. The average Bonchev–Trinajstić information content (AvgIpc) is 2.82. The van der Waals surface area contributed by atoms with Gasteiger partial charge in [0.1, 0.15) is 5.82 Å². The van der Waals surface area contributed by atoms with Gasteiger partial charge in [0.05, 0.1) is 10.0 Å². The van der Waals surface area contributed by atoms with Crippen molar-refractivity contribution in [1.29, 1.82) is 0 Å². The number of rotatable bonds is 9. The number of piperazine rings is 1. The molecule has 9 heteroatoms. The molecular formula is C25H29Cl2FN4O2. The first-order chi connectivity index (χ1) is 16.4. The number of urea groups is 1. The minimum absolute atomic E-state index is 0.140. The highest BCUT2D eigenvalue weighted by atomic mass is 35.5. The van der Waals surface area contributed by atoms with Crippen molar-refractivity contribution in [2.75, 3.05) is 44.6 Å². The Balaban J connectivity index is 1.24. The number of anilines is 1. The molecule has 34 heavy (non-hydrogen) atoms. The fourth-order valence-electron chi connectivity index (χ4n) is 3.64. The van der Waals surface area contributed by atoms with Crippen LogP contribution in [0.15, 0.2) is 48.5 Å². The van der Waals surface area contributed by atoms with Gasteiger partial charge in [-0.25, -0.2) is 9.18 Å². The summed E-state index contributed by atoms with van der Waals surface area (Å²) in [4.78, 5) is 28.4. The topological polar surface area (TPSA) is 64.7 Å². The van der Waals surface area contributed by atoms with E-state index in [2.05, 4.69) is 15.5 Å². The van der Waals surface area contributed by atoms with Crippen molar-refractivity contribution in [3.8, 4) is 0 Å². The van der Waals surface area contributed by atoms with Crippen LogP contribution in [0, 0.1) is 5.82 Å². The first-order valence-electron chi connectivity index (χ1n) is 11.4. The Labute approximate surface area is 209 Å². The number of halogens is 3. The number of hydrogen-bond donors (Lipinski definition) is 2. The lowest BCUT2D eigenvalue weighted by atomic mass is 10.2. The number of benzene rings is 2. The van der Waals surface area contributed by atoms with Gasteiger partial charge in [-0.05, 0) is 61.4 Å². The molecule has 1 saturated heterocycles. The molecule has 2 aromatic rings. The summed E-state index contributed by atoms with van der Waals surface area (Å²) in [5.74, 6) is -0.513. The maximum absolute atomic E-state index is 13.3. The Hall–Kier alpha value is -2.61. The Kier molecular flexibility index (Phi) is 10.2. The Bertz CT molecular complexity index is 1010. The molecule has 182 valence electrons. The van der Waals surface area contributed by atoms with Gasteiger partial charge in [-0.2, -0.15) is 0 Å². The number of hydrogen-bond acceptors (Lipinski definition) is 3. The lowest BCUT2D eigenvalue weighted by Gasteiger charge is -2.34. The average molecular weight is 507 g/mol. The third-order valence-electron chi connectivity index (χ3n) is 5.56. The molecule has 3 amide bonds. The normalized spacial score (nSPS) is 14.4. The molecular weight excluding hydrogens is 478 g/mol. The standard InChI is InChI=1S/C25H29Cl2FN4O2/c26-22-9-7-19(17-23(22)27)8-10-24(33)29-11-2-1-3-12-31-13-15-32(16-14-31)25(34)30-21-6-4-5-20(28)18-21/h4-10,17-18H,1-3,11-16H2,(H,29,33)(H,30,34)/b10-8+. The summed E-state index contributed by atoms with van der Waals surface area (Å²) >= 11 is 11.9. The number of unbranched alkanes of at least 4 members (excludes halogenated alkanes) is 2. The molecule has 6 nitrogen and oxygen atoms in total. The summed E-state index contributed by atoms with van der Waals surface area (Å²) < 4.78 is 13.3. The van der Waals surface area contributed by atoms with Gasteiger partial charge in [0.15, 0.2) is 0 Å². The predicted octanol–water partition coefficient (Wildman–Crippen LogP) is 5.28. The quantitative estimate of drug-likeness (QED) is 0.359. The van der Waals surface area contributed by atoms with Crippen molar-refractivity contribution < 1.29 is 14.0 Å². The smallest absolute Gasteiger partial charge is 0.321 e. The zero-order valence-corrected chi connectivity index (χ0v) is 20.4. The summed E-state index contributed by atoms with van der Waals surface area (Å²) in [6.07, 6.45) is 6.14. The molecule has 1 aliphatic heterocycles. The van der Waals surface area contributed by atoms with E-state index in [1.165, 1.54) is 18.2 Å². The largest absolute Gasteiger partial charge is 0.353 e. The molecule has 0 atom stereocenters. The summed E-state index contributed by atoms with van der Waals surface area (Å²) in [5.41, 5.74) is 1.28. The van der Waals surface area contributed by atoms with E-state index in [9.17, 15) is 14.0 Å². The van der Waals surface area contributed by atoms with Crippen molar-refractivity contribution in [2.45, 2.75) is 19.3 Å². The molecule has 0 saturated carbocycles. The number of carbonyl (C=O) groups excluding carboxylic acids is 2. The van der Waals surface area contributed by atoms with Gasteiger partial charge >= 0.3 is 6.03 Å². The molecule has 1 fully saturated rings. The van der Waals surface area contributed by atoms with Crippen LogP contribution < -0.4 is 10.6 Å². The second kappa shape index (κ2) is 13.3. The Morgan fingerprint density at radius 2 is 1.76 bits per heavy atom. The number of nitrogens with one attached hydrogen (secondary N) is 2. The fraction of sp³-hybridized carbons (Fsp3) is 0.360. The molecule has 1 heterocycles. The Morgan fingerprint density at radius 1 is 0.971 bits per heavy atom. The van der Waals surface area contributed by atoms with Crippen LogP contribution in [0.2, 0.25) is 10.0 Å². The van der Waals surface area contributed by atoms with Gasteiger partial charge in [0.25, 0.3) is 0 Å². The fourth-order valence-corrected chi connectivity index (χ4v) is 3.95. The number of carbonyl (C=O) groups is 2.